The number of sulfonamides is 1. The summed E-state index contributed by atoms with van der Waals surface area (Å²) < 4.78 is 33.2. The Bertz CT molecular complexity index is 790. The van der Waals surface area contributed by atoms with Crippen LogP contribution in [0.1, 0.15) is 6.92 Å². The minimum absolute atomic E-state index is 0.246. The van der Waals surface area contributed by atoms with E-state index in [-0.39, 0.29) is 5.03 Å². The van der Waals surface area contributed by atoms with Gasteiger partial charge in [0.05, 0.1) is 6.20 Å². The van der Waals surface area contributed by atoms with Crippen LogP contribution in [0.5, 0.6) is 5.75 Å². The van der Waals surface area contributed by atoms with Crippen LogP contribution < -0.4 is 9.46 Å². The van der Waals surface area contributed by atoms with Gasteiger partial charge in [0.25, 0.3) is 10.0 Å². The summed E-state index contributed by atoms with van der Waals surface area (Å²) in [6, 6.07) is 8.50. The highest BCUT2D eigenvalue weighted by atomic mass is 32.2. The molecule has 2 N–H and O–H groups in total. The largest absolute Gasteiger partial charge is 0.491 e. The number of benzene rings is 1. The summed E-state index contributed by atoms with van der Waals surface area (Å²) in [5, 5.41) is 16.1. The normalized spacial score (nSPS) is 14.2. The van der Waals surface area contributed by atoms with Crippen LogP contribution in [0.3, 0.4) is 0 Å². The van der Waals surface area contributed by atoms with Gasteiger partial charge in [-0.2, -0.15) is 4.72 Å². The zero-order valence-electron chi connectivity index (χ0n) is 12.5. The van der Waals surface area contributed by atoms with Crippen molar-refractivity contribution in [3.05, 3.63) is 36.5 Å². The van der Waals surface area contributed by atoms with Crippen LogP contribution in [0, 0.1) is 0 Å². The number of carboxylic acid groups (broad SMARTS) is 1. The van der Waals surface area contributed by atoms with E-state index in [2.05, 4.69) is 15.0 Å². The van der Waals surface area contributed by atoms with Crippen LogP contribution in [0.4, 0.5) is 0 Å². The van der Waals surface area contributed by atoms with Gasteiger partial charge in [-0.15, -0.1) is 5.10 Å². The molecule has 1 atom stereocenters. The number of hydrogen-bond acceptors (Lipinski definition) is 6. The second kappa shape index (κ2) is 6.34. The molecule has 0 amide bonds. The Morgan fingerprint density at radius 2 is 2.04 bits per heavy atom. The van der Waals surface area contributed by atoms with Gasteiger partial charge in [0.1, 0.15) is 12.4 Å². The summed E-state index contributed by atoms with van der Waals surface area (Å²) in [6.07, 6.45) is 1.03. The third kappa shape index (κ3) is 3.85. The van der Waals surface area contributed by atoms with Crippen LogP contribution in [-0.4, -0.2) is 46.6 Å². The number of nitrogens with zero attached hydrogens (tertiary/aromatic N) is 3. The molecular formula is C13H16N4O5S. The van der Waals surface area contributed by atoms with E-state index in [0.717, 1.165) is 10.9 Å². The number of ether oxygens (including phenoxy) is 1. The fraction of sp³-hybridized carbons (Fsp3) is 0.308. The molecule has 1 aromatic carbocycles. The highest BCUT2D eigenvalue weighted by Crippen LogP contribution is 2.16. The SMILES string of the molecule is Cn1nncc1S(=O)(=O)NC(C)(COc1ccccc1)C(=O)O. The average Bonchev–Trinajstić information content (AvgIpc) is 2.93. The summed E-state index contributed by atoms with van der Waals surface area (Å²) in [5.74, 6) is -0.937. The van der Waals surface area contributed by atoms with Crippen molar-refractivity contribution in [1.82, 2.24) is 19.7 Å². The number of carboxylic acids is 1. The molecule has 0 aliphatic carbocycles. The molecule has 9 nitrogen and oxygen atoms in total. The van der Waals surface area contributed by atoms with Gasteiger partial charge in [-0.05, 0) is 19.1 Å². The van der Waals surface area contributed by atoms with Crippen LogP contribution in [0.2, 0.25) is 0 Å². The van der Waals surface area contributed by atoms with Crippen molar-refractivity contribution in [2.75, 3.05) is 6.61 Å². The van der Waals surface area contributed by atoms with Crippen molar-refractivity contribution < 1.29 is 23.1 Å². The minimum Gasteiger partial charge on any atom is -0.491 e. The summed E-state index contributed by atoms with van der Waals surface area (Å²) in [5.41, 5.74) is -1.86. The maximum atomic E-state index is 12.3. The second-order valence-corrected chi connectivity index (χ2v) is 6.67. The van der Waals surface area contributed by atoms with Gasteiger partial charge in [0.2, 0.25) is 0 Å². The standard InChI is InChI=1S/C13H16N4O5S/c1-13(12(18)19,9-22-10-6-4-3-5-7-10)15-23(20,21)11-8-14-16-17(11)2/h3-8,15H,9H2,1-2H3,(H,18,19). The number of aliphatic carboxylic acids is 1. The summed E-state index contributed by atoms with van der Waals surface area (Å²) in [7, 11) is -2.74. The smallest absolute Gasteiger partial charge is 0.328 e. The van der Waals surface area contributed by atoms with Crippen LogP contribution >= 0.6 is 0 Å². The molecule has 0 aliphatic rings. The zero-order chi connectivity index (χ0) is 17.1. The first kappa shape index (κ1) is 16.9. The predicted molar refractivity (Wildman–Crippen MR) is 79.3 cm³/mol. The number of hydrogen-bond donors (Lipinski definition) is 2. The van der Waals surface area contributed by atoms with Gasteiger partial charge >= 0.3 is 5.97 Å². The van der Waals surface area contributed by atoms with Crippen molar-refractivity contribution in [2.45, 2.75) is 17.5 Å². The molecule has 1 unspecified atom stereocenters. The lowest BCUT2D eigenvalue weighted by molar-refractivity contribution is -0.144. The fourth-order valence-electron chi connectivity index (χ4n) is 1.75. The van der Waals surface area contributed by atoms with E-state index in [4.69, 9.17) is 4.74 Å². The van der Waals surface area contributed by atoms with Gasteiger partial charge < -0.3 is 9.84 Å². The lowest BCUT2D eigenvalue weighted by Crippen LogP contribution is -2.56. The Hall–Kier alpha value is -2.46. The number of carbonyl (C=O) groups is 1. The zero-order valence-corrected chi connectivity index (χ0v) is 13.3. The first-order chi connectivity index (χ1) is 10.7. The van der Waals surface area contributed by atoms with Crippen LogP contribution in [-0.2, 0) is 21.9 Å². The van der Waals surface area contributed by atoms with E-state index in [1.54, 1.807) is 30.3 Å². The first-order valence-corrected chi connectivity index (χ1v) is 8.03. The van der Waals surface area contributed by atoms with E-state index in [9.17, 15) is 18.3 Å². The van der Waals surface area contributed by atoms with Gasteiger partial charge in [-0.25, -0.2) is 13.1 Å². The van der Waals surface area contributed by atoms with Gasteiger partial charge in [-0.1, -0.05) is 23.4 Å². The number of aryl methyl sites for hydroxylation is 1. The Morgan fingerprint density at radius 3 is 2.57 bits per heavy atom. The van der Waals surface area contributed by atoms with Gasteiger partial charge in [0, 0.05) is 7.05 Å². The maximum absolute atomic E-state index is 12.3. The third-order valence-electron chi connectivity index (χ3n) is 3.05. The molecule has 0 aliphatic heterocycles. The van der Waals surface area contributed by atoms with E-state index in [1.165, 1.54) is 14.0 Å². The Balaban J connectivity index is 2.21. The van der Waals surface area contributed by atoms with E-state index >= 15 is 0 Å². The monoisotopic (exact) mass is 340 g/mol. The molecule has 0 fully saturated rings. The molecule has 124 valence electrons. The van der Waals surface area contributed by atoms with E-state index in [1.807, 2.05) is 0 Å². The lowest BCUT2D eigenvalue weighted by atomic mass is 10.1. The highest BCUT2D eigenvalue weighted by Gasteiger charge is 2.40. The molecule has 0 saturated heterocycles. The molecule has 10 heteroatoms. The predicted octanol–water partition coefficient (Wildman–Crippen LogP) is 0.0157. The molecule has 2 rings (SSSR count). The Labute approximate surface area is 132 Å². The molecular weight excluding hydrogens is 324 g/mol. The summed E-state index contributed by atoms with van der Waals surface area (Å²) in [6.45, 7) is 0.830. The number of nitrogens with one attached hydrogen (secondary N) is 1. The molecule has 0 saturated carbocycles. The summed E-state index contributed by atoms with van der Waals surface area (Å²) >= 11 is 0. The lowest BCUT2D eigenvalue weighted by Gasteiger charge is -2.25. The average molecular weight is 340 g/mol. The second-order valence-electron chi connectivity index (χ2n) is 5.04. The molecule has 0 spiro atoms. The third-order valence-corrected chi connectivity index (χ3v) is 4.69. The van der Waals surface area contributed by atoms with Crippen molar-refractivity contribution >= 4 is 16.0 Å². The topological polar surface area (TPSA) is 123 Å². The van der Waals surface area contributed by atoms with Crippen LogP contribution in [0.15, 0.2) is 41.6 Å². The number of rotatable bonds is 7. The van der Waals surface area contributed by atoms with Crippen molar-refractivity contribution in [3.8, 4) is 5.75 Å². The quantitative estimate of drug-likeness (QED) is 0.728. The van der Waals surface area contributed by atoms with Gasteiger partial charge in [0.15, 0.2) is 10.6 Å². The highest BCUT2D eigenvalue weighted by molar-refractivity contribution is 7.89. The summed E-state index contributed by atoms with van der Waals surface area (Å²) in [4.78, 5) is 11.5. The molecule has 1 heterocycles. The first-order valence-electron chi connectivity index (χ1n) is 6.54. The molecule has 23 heavy (non-hydrogen) atoms. The van der Waals surface area contributed by atoms with Crippen molar-refractivity contribution in [1.29, 1.82) is 0 Å². The minimum atomic E-state index is -4.13. The van der Waals surface area contributed by atoms with E-state index in [0.29, 0.717) is 5.75 Å². The molecule has 2 aromatic rings. The molecule has 0 radical (unpaired) electrons. The maximum Gasteiger partial charge on any atom is 0.328 e. The number of para-hydroxylation sites is 1. The van der Waals surface area contributed by atoms with Crippen molar-refractivity contribution in [2.24, 2.45) is 7.05 Å². The van der Waals surface area contributed by atoms with E-state index < -0.39 is 28.1 Å². The molecule has 1 aromatic heterocycles. The Morgan fingerprint density at radius 1 is 1.39 bits per heavy atom. The van der Waals surface area contributed by atoms with Crippen LogP contribution in [0.25, 0.3) is 0 Å². The van der Waals surface area contributed by atoms with Crippen molar-refractivity contribution in [3.63, 3.8) is 0 Å². The Kier molecular flexibility index (Phi) is 4.66. The fourth-order valence-corrected chi connectivity index (χ4v) is 3.17. The van der Waals surface area contributed by atoms with Gasteiger partial charge in [-0.3, -0.25) is 4.79 Å². The molecule has 0 bridgehead atoms. The number of aromatic nitrogens is 3.